The summed E-state index contributed by atoms with van der Waals surface area (Å²) in [6, 6.07) is 14.3. The van der Waals surface area contributed by atoms with E-state index in [9.17, 15) is 0 Å². The molecule has 0 saturated carbocycles. The van der Waals surface area contributed by atoms with E-state index in [1.54, 1.807) is 0 Å². The molecule has 4 rings (SSSR count). The second-order valence-electron chi connectivity index (χ2n) is 7.91. The van der Waals surface area contributed by atoms with E-state index < -0.39 is 0 Å². The fraction of sp³-hybridized carbons (Fsp3) is 0.520. The van der Waals surface area contributed by atoms with Crippen LogP contribution in [0.3, 0.4) is 0 Å². The number of hydrogen-bond donors (Lipinski definition) is 0. The van der Waals surface area contributed by atoms with Crippen molar-refractivity contribution >= 4 is 0 Å². The third-order valence-electron chi connectivity index (χ3n) is 5.15. The highest BCUT2D eigenvalue weighted by Crippen LogP contribution is 2.23. The van der Waals surface area contributed by atoms with Crippen LogP contribution < -0.4 is 9.47 Å². The van der Waals surface area contributed by atoms with Crippen LogP contribution in [-0.2, 0) is 9.47 Å². The summed E-state index contributed by atoms with van der Waals surface area (Å²) in [7, 11) is 0. The van der Waals surface area contributed by atoms with Crippen molar-refractivity contribution < 1.29 is 18.9 Å². The summed E-state index contributed by atoms with van der Waals surface area (Å²) >= 11 is 0. The van der Waals surface area contributed by atoms with Gasteiger partial charge in [-0.25, -0.2) is 0 Å². The van der Waals surface area contributed by atoms with Crippen molar-refractivity contribution in [2.45, 2.75) is 71.9 Å². The Hall–Kier alpha value is -2.04. The molecule has 2 fully saturated rings. The molecule has 0 aliphatic carbocycles. The zero-order chi connectivity index (χ0) is 20.5. The van der Waals surface area contributed by atoms with E-state index in [0.717, 1.165) is 50.4 Å². The van der Waals surface area contributed by atoms with Crippen molar-refractivity contribution in [2.75, 3.05) is 13.2 Å². The van der Waals surface area contributed by atoms with Gasteiger partial charge in [-0.15, -0.1) is 0 Å². The highest BCUT2D eigenvalue weighted by Gasteiger charge is 2.16. The van der Waals surface area contributed by atoms with Crippen molar-refractivity contribution in [1.82, 2.24) is 0 Å². The molecule has 2 unspecified atom stereocenters. The minimum absolute atomic E-state index is 0.0357. The van der Waals surface area contributed by atoms with Gasteiger partial charge >= 0.3 is 0 Å². The van der Waals surface area contributed by atoms with E-state index in [2.05, 4.69) is 45.0 Å². The predicted octanol–water partition coefficient (Wildman–Crippen LogP) is 6.11. The van der Waals surface area contributed by atoms with Crippen LogP contribution in [0, 0.1) is 20.8 Å². The van der Waals surface area contributed by atoms with E-state index in [4.69, 9.17) is 18.9 Å². The molecular formula is C25H34O4. The summed E-state index contributed by atoms with van der Waals surface area (Å²) in [4.78, 5) is 0. The Labute approximate surface area is 175 Å². The molecular weight excluding hydrogens is 364 g/mol. The molecule has 4 heteroatoms. The molecule has 158 valence electrons. The largest absolute Gasteiger partial charge is 0.465 e. The van der Waals surface area contributed by atoms with Crippen LogP contribution in [-0.4, -0.2) is 25.8 Å². The van der Waals surface area contributed by atoms with Gasteiger partial charge in [0, 0.05) is 12.8 Å². The van der Waals surface area contributed by atoms with Gasteiger partial charge in [-0.1, -0.05) is 35.4 Å². The number of benzene rings is 2. The lowest BCUT2D eigenvalue weighted by molar-refractivity contribution is -0.106. The lowest BCUT2D eigenvalue weighted by Crippen LogP contribution is -2.25. The monoisotopic (exact) mass is 398 g/mol. The van der Waals surface area contributed by atoms with Crippen molar-refractivity contribution in [2.24, 2.45) is 0 Å². The Morgan fingerprint density at radius 1 is 0.690 bits per heavy atom. The van der Waals surface area contributed by atoms with Crippen molar-refractivity contribution in [3.63, 3.8) is 0 Å². The van der Waals surface area contributed by atoms with Crippen LogP contribution in [0.1, 0.15) is 55.2 Å². The van der Waals surface area contributed by atoms with Crippen molar-refractivity contribution in [1.29, 1.82) is 0 Å². The molecule has 2 heterocycles. The van der Waals surface area contributed by atoms with E-state index >= 15 is 0 Å². The SMILES string of the molecule is Cc1ccc(OC2CCCCO2)c(C)c1.Cc1ccc(OC2CCCCO2)cc1. The smallest absolute Gasteiger partial charge is 0.199 e. The fourth-order valence-electron chi connectivity index (χ4n) is 3.45. The average Bonchev–Trinajstić information content (AvgIpc) is 2.74. The average molecular weight is 399 g/mol. The van der Waals surface area contributed by atoms with Crippen molar-refractivity contribution in [3.05, 3.63) is 59.2 Å². The van der Waals surface area contributed by atoms with Crippen LogP contribution in [0.2, 0.25) is 0 Å². The van der Waals surface area contributed by atoms with Gasteiger partial charge in [-0.2, -0.15) is 0 Å². The van der Waals surface area contributed by atoms with E-state index in [0.29, 0.717) is 0 Å². The Morgan fingerprint density at radius 2 is 1.28 bits per heavy atom. The maximum Gasteiger partial charge on any atom is 0.199 e. The lowest BCUT2D eigenvalue weighted by atomic mass is 10.1. The molecule has 0 radical (unpaired) electrons. The van der Waals surface area contributed by atoms with Gasteiger partial charge in [0.05, 0.1) is 13.2 Å². The zero-order valence-electron chi connectivity index (χ0n) is 18.0. The molecule has 0 spiro atoms. The fourth-order valence-corrected chi connectivity index (χ4v) is 3.45. The summed E-state index contributed by atoms with van der Waals surface area (Å²) < 4.78 is 22.5. The van der Waals surface area contributed by atoms with Crippen LogP contribution in [0.25, 0.3) is 0 Å². The van der Waals surface area contributed by atoms with Gasteiger partial charge in [0.25, 0.3) is 0 Å². The normalized spacial score (nSPS) is 21.6. The number of ether oxygens (including phenoxy) is 4. The highest BCUT2D eigenvalue weighted by molar-refractivity contribution is 5.35. The maximum absolute atomic E-state index is 5.82. The molecule has 0 N–H and O–H groups in total. The van der Waals surface area contributed by atoms with Crippen LogP contribution in [0.4, 0.5) is 0 Å². The van der Waals surface area contributed by atoms with E-state index in [-0.39, 0.29) is 12.6 Å². The van der Waals surface area contributed by atoms with Crippen molar-refractivity contribution in [3.8, 4) is 11.5 Å². The molecule has 2 aliphatic rings. The topological polar surface area (TPSA) is 36.9 Å². The van der Waals surface area contributed by atoms with Gasteiger partial charge in [0.15, 0.2) is 12.6 Å². The van der Waals surface area contributed by atoms with Crippen LogP contribution in [0.5, 0.6) is 11.5 Å². The minimum atomic E-state index is -0.0415. The first-order valence-electron chi connectivity index (χ1n) is 10.8. The molecule has 0 aromatic heterocycles. The molecule has 2 aliphatic heterocycles. The molecule has 0 bridgehead atoms. The summed E-state index contributed by atoms with van der Waals surface area (Å²) in [6.07, 6.45) is 6.67. The Kier molecular flexibility index (Phi) is 8.38. The second kappa shape index (κ2) is 11.2. The third kappa shape index (κ3) is 7.37. The van der Waals surface area contributed by atoms with Crippen LogP contribution >= 0.6 is 0 Å². The first-order valence-corrected chi connectivity index (χ1v) is 10.8. The van der Waals surface area contributed by atoms with Gasteiger partial charge in [-0.05, 0) is 70.2 Å². The van der Waals surface area contributed by atoms with Gasteiger partial charge in [-0.3, -0.25) is 0 Å². The molecule has 2 aromatic rings. The maximum atomic E-state index is 5.82. The van der Waals surface area contributed by atoms with Crippen LogP contribution in [0.15, 0.2) is 42.5 Å². The first-order chi connectivity index (χ1) is 14.1. The molecule has 2 atom stereocenters. The van der Waals surface area contributed by atoms with E-state index in [1.807, 2.05) is 18.2 Å². The molecule has 29 heavy (non-hydrogen) atoms. The summed E-state index contributed by atoms with van der Waals surface area (Å²) in [6.45, 7) is 7.89. The van der Waals surface area contributed by atoms with E-state index in [1.165, 1.54) is 29.5 Å². The predicted molar refractivity (Wildman–Crippen MR) is 116 cm³/mol. The van der Waals surface area contributed by atoms with Gasteiger partial charge in [0.2, 0.25) is 0 Å². The second-order valence-corrected chi connectivity index (χ2v) is 7.91. The molecule has 0 amide bonds. The number of hydrogen-bond acceptors (Lipinski definition) is 4. The summed E-state index contributed by atoms with van der Waals surface area (Å²) in [5.74, 6) is 1.86. The standard InChI is InChI=1S/C13H18O2.C12H16O2/c1-10-6-7-12(11(2)9-10)15-13-5-3-4-8-14-13;1-10-5-7-11(8-6-10)14-12-4-2-3-9-13-12/h6-7,9,13H,3-5,8H2,1-2H3;5-8,12H,2-4,9H2,1H3. The lowest BCUT2D eigenvalue weighted by Gasteiger charge is -2.24. The summed E-state index contributed by atoms with van der Waals surface area (Å²) in [5, 5.41) is 0. The molecule has 2 saturated heterocycles. The Morgan fingerprint density at radius 3 is 1.83 bits per heavy atom. The Balaban J connectivity index is 0.000000166. The summed E-state index contributed by atoms with van der Waals surface area (Å²) in [5.41, 5.74) is 3.70. The molecule has 4 nitrogen and oxygen atoms in total. The minimum Gasteiger partial charge on any atom is -0.465 e. The quantitative estimate of drug-likeness (QED) is 0.623. The van der Waals surface area contributed by atoms with Gasteiger partial charge in [0.1, 0.15) is 11.5 Å². The van der Waals surface area contributed by atoms with Gasteiger partial charge < -0.3 is 18.9 Å². The Bertz CT molecular complexity index is 729. The zero-order valence-corrected chi connectivity index (χ0v) is 18.0. The third-order valence-corrected chi connectivity index (χ3v) is 5.15. The highest BCUT2D eigenvalue weighted by atomic mass is 16.7. The number of rotatable bonds is 4. The molecule has 2 aromatic carbocycles. The first kappa shape index (κ1) is 21.7. The number of aryl methyl sites for hydroxylation is 3.